The Labute approximate surface area is 143 Å². The van der Waals surface area contributed by atoms with Gasteiger partial charge in [-0.05, 0) is 25.0 Å². The van der Waals surface area contributed by atoms with E-state index in [0.29, 0.717) is 24.6 Å². The van der Waals surface area contributed by atoms with Crippen LogP contribution in [0.3, 0.4) is 0 Å². The lowest BCUT2D eigenvalue weighted by atomic mass is 10.1. The Morgan fingerprint density at radius 1 is 1.21 bits per heavy atom. The summed E-state index contributed by atoms with van der Waals surface area (Å²) in [6.07, 6.45) is 6.25. The quantitative estimate of drug-likeness (QED) is 0.848. The summed E-state index contributed by atoms with van der Waals surface area (Å²) in [4.78, 5) is 13.5. The minimum Gasteiger partial charge on any atom is -0.489 e. The molecule has 0 radical (unpaired) electrons. The van der Waals surface area contributed by atoms with Crippen molar-refractivity contribution in [2.75, 3.05) is 18.1 Å². The summed E-state index contributed by atoms with van der Waals surface area (Å²) in [5.41, 5.74) is 0.627. The van der Waals surface area contributed by atoms with Gasteiger partial charge in [-0.25, -0.2) is 13.1 Å². The molecular formula is C17H24N2O4S. The molecule has 0 aromatic heterocycles. The summed E-state index contributed by atoms with van der Waals surface area (Å²) >= 11 is 0. The van der Waals surface area contributed by atoms with Crippen LogP contribution >= 0.6 is 0 Å². The summed E-state index contributed by atoms with van der Waals surface area (Å²) < 4.78 is 33.7. The van der Waals surface area contributed by atoms with Crippen LogP contribution in [-0.2, 0) is 14.8 Å². The minimum absolute atomic E-state index is 0.00293. The third-order valence-electron chi connectivity index (χ3n) is 4.66. The van der Waals surface area contributed by atoms with Gasteiger partial charge in [0, 0.05) is 19.0 Å². The number of nitrogens with zero attached hydrogens (tertiary/aromatic N) is 1. The number of ether oxygens (including phenoxy) is 1. The third kappa shape index (κ3) is 3.72. The Kier molecular flexibility index (Phi) is 5.10. The summed E-state index contributed by atoms with van der Waals surface area (Å²) in [6.45, 7) is 2.34. The number of amides is 1. The van der Waals surface area contributed by atoms with E-state index in [2.05, 4.69) is 4.72 Å². The molecule has 7 heteroatoms. The molecule has 24 heavy (non-hydrogen) atoms. The number of carbonyl (C=O) groups excluding carboxylic acids is 1. The van der Waals surface area contributed by atoms with E-state index in [0.717, 1.165) is 25.7 Å². The summed E-state index contributed by atoms with van der Waals surface area (Å²) in [6, 6.07) is 4.71. The smallest absolute Gasteiger partial charge is 0.240 e. The average molecular weight is 352 g/mol. The topological polar surface area (TPSA) is 75.7 Å². The van der Waals surface area contributed by atoms with Gasteiger partial charge in [0.05, 0.1) is 17.1 Å². The van der Waals surface area contributed by atoms with Crippen LogP contribution in [0.1, 0.15) is 45.4 Å². The van der Waals surface area contributed by atoms with Crippen molar-refractivity contribution in [2.45, 2.75) is 56.4 Å². The minimum atomic E-state index is -3.58. The van der Waals surface area contributed by atoms with Crippen molar-refractivity contribution in [1.29, 1.82) is 0 Å². The number of fused-ring (bicyclic) bond motifs is 1. The molecule has 0 atom stereocenters. The van der Waals surface area contributed by atoms with E-state index in [1.807, 2.05) is 0 Å². The first kappa shape index (κ1) is 17.2. The van der Waals surface area contributed by atoms with Gasteiger partial charge in [0.2, 0.25) is 15.9 Å². The third-order valence-corrected chi connectivity index (χ3v) is 6.18. The van der Waals surface area contributed by atoms with Crippen LogP contribution in [0.25, 0.3) is 0 Å². The number of benzene rings is 1. The zero-order valence-electron chi connectivity index (χ0n) is 14.0. The van der Waals surface area contributed by atoms with E-state index in [1.165, 1.54) is 25.8 Å². The lowest BCUT2D eigenvalue weighted by molar-refractivity contribution is -0.116. The van der Waals surface area contributed by atoms with Gasteiger partial charge >= 0.3 is 0 Å². The first-order valence-corrected chi connectivity index (χ1v) is 10.0. The van der Waals surface area contributed by atoms with Gasteiger partial charge in [0.25, 0.3) is 0 Å². The molecule has 1 saturated carbocycles. The number of hydrogen-bond donors (Lipinski definition) is 1. The van der Waals surface area contributed by atoms with Gasteiger partial charge in [-0.2, -0.15) is 0 Å². The normalized spacial score (nSPS) is 19.3. The highest BCUT2D eigenvalue weighted by Crippen LogP contribution is 2.34. The molecule has 1 aromatic carbocycles. The highest BCUT2D eigenvalue weighted by molar-refractivity contribution is 7.89. The molecule has 1 N–H and O–H groups in total. The van der Waals surface area contributed by atoms with Crippen molar-refractivity contribution in [3.63, 3.8) is 0 Å². The van der Waals surface area contributed by atoms with Crippen LogP contribution in [0, 0.1) is 0 Å². The van der Waals surface area contributed by atoms with Crippen molar-refractivity contribution in [2.24, 2.45) is 0 Å². The second-order valence-electron chi connectivity index (χ2n) is 6.46. The fourth-order valence-electron chi connectivity index (χ4n) is 3.38. The molecule has 1 amide bonds. The summed E-state index contributed by atoms with van der Waals surface area (Å²) in [5, 5.41) is 0. The molecule has 1 aliphatic heterocycles. The maximum atomic E-state index is 12.7. The Morgan fingerprint density at radius 3 is 2.58 bits per heavy atom. The van der Waals surface area contributed by atoms with E-state index in [-0.39, 0.29) is 16.8 Å². The van der Waals surface area contributed by atoms with E-state index >= 15 is 0 Å². The van der Waals surface area contributed by atoms with Gasteiger partial charge in [0.1, 0.15) is 12.4 Å². The first-order valence-electron chi connectivity index (χ1n) is 8.55. The fourth-order valence-corrected chi connectivity index (χ4v) is 4.70. The van der Waals surface area contributed by atoms with E-state index < -0.39 is 10.0 Å². The van der Waals surface area contributed by atoms with Crippen molar-refractivity contribution < 1.29 is 17.9 Å². The number of nitrogens with one attached hydrogen (secondary N) is 1. The second kappa shape index (κ2) is 7.11. The van der Waals surface area contributed by atoms with Crippen molar-refractivity contribution in [3.8, 4) is 5.75 Å². The van der Waals surface area contributed by atoms with Gasteiger partial charge in [0.15, 0.2) is 0 Å². The molecular weight excluding hydrogens is 328 g/mol. The van der Waals surface area contributed by atoms with E-state index in [1.54, 1.807) is 17.0 Å². The van der Waals surface area contributed by atoms with Crippen LogP contribution in [-0.4, -0.2) is 33.5 Å². The zero-order chi connectivity index (χ0) is 17.2. The Hall–Kier alpha value is -1.60. The molecule has 0 spiro atoms. The van der Waals surface area contributed by atoms with Crippen molar-refractivity contribution >= 4 is 21.6 Å². The molecule has 132 valence electrons. The largest absolute Gasteiger partial charge is 0.489 e. The fraction of sp³-hybridized carbons (Fsp3) is 0.588. The Bertz CT molecular complexity index is 709. The monoisotopic (exact) mass is 352 g/mol. The molecule has 6 nitrogen and oxygen atoms in total. The molecule has 0 unspecified atom stereocenters. The van der Waals surface area contributed by atoms with Crippen LogP contribution in [0.5, 0.6) is 5.75 Å². The first-order chi connectivity index (χ1) is 11.5. The van der Waals surface area contributed by atoms with Crippen molar-refractivity contribution in [1.82, 2.24) is 4.72 Å². The van der Waals surface area contributed by atoms with Crippen LogP contribution < -0.4 is 14.4 Å². The molecule has 1 aliphatic carbocycles. The number of carbonyl (C=O) groups is 1. The Morgan fingerprint density at radius 2 is 1.92 bits per heavy atom. The molecule has 1 aromatic rings. The molecule has 2 aliphatic rings. The van der Waals surface area contributed by atoms with Gasteiger partial charge < -0.3 is 9.64 Å². The lowest BCUT2D eigenvalue weighted by Gasteiger charge is -2.29. The van der Waals surface area contributed by atoms with Gasteiger partial charge in [-0.1, -0.05) is 25.7 Å². The van der Waals surface area contributed by atoms with E-state index in [9.17, 15) is 13.2 Å². The number of rotatable bonds is 3. The summed E-state index contributed by atoms with van der Waals surface area (Å²) in [7, 11) is -3.58. The molecule has 0 bridgehead atoms. The maximum Gasteiger partial charge on any atom is 0.240 e. The van der Waals surface area contributed by atoms with E-state index in [4.69, 9.17) is 4.74 Å². The molecule has 1 fully saturated rings. The van der Waals surface area contributed by atoms with Crippen LogP contribution in [0.2, 0.25) is 0 Å². The lowest BCUT2D eigenvalue weighted by Crippen LogP contribution is -2.37. The molecule has 3 rings (SSSR count). The number of hydrogen-bond acceptors (Lipinski definition) is 4. The average Bonchev–Trinajstić information content (AvgIpc) is 2.81. The zero-order valence-corrected chi connectivity index (χ0v) is 14.8. The van der Waals surface area contributed by atoms with Gasteiger partial charge in [-0.3, -0.25) is 4.79 Å². The van der Waals surface area contributed by atoms with Crippen LogP contribution in [0.4, 0.5) is 5.69 Å². The Balaban J connectivity index is 1.82. The highest BCUT2D eigenvalue weighted by Gasteiger charge is 2.26. The second-order valence-corrected chi connectivity index (χ2v) is 8.17. The molecule has 1 heterocycles. The number of anilines is 1. The van der Waals surface area contributed by atoms with Crippen LogP contribution in [0.15, 0.2) is 23.1 Å². The predicted molar refractivity (Wildman–Crippen MR) is 91.8 cm³/mol. The van der Waals surface area contributed by atoms with Gasteiger partial charge in [-0.15, -0.1) is 0 Å². The SMILES string of the molecule is CC(=O)N1CCOc2cc(S(=O)(=O)NC3CCCCCC3)ccc21. The standard InChI is InChI=1S/C17H24N2O4S/c1-13(20)19-10-11-23-17-12-15(8-9-16(17)19)24(21,22)18-14-6-4-2-3-5-7-14/h8-9,12,14,18H,2-7,10-11H2,1H3. The predicted octanol–water partition coefficient (Wildman–Crippen LogP) is 2.43. The van der Waals surface area contributed by atoms with Crippen molar-refractivity contribution in [3.05, 3.63) is 18.2 Å². The highest BCUT2D eigenvalue weighted by atomic mass is 32.2. The summed E-state index contributed by atoms with van der Waals surface area (Å²) in [5.74, 6) is 0.368. The molecule has 0 saturated heterocycles. The number of sulfonamides is 1. The maximum absolute atomic E-state index is 12.7.